The molecule has 0 aliphatic heterocycles. The van der Waals surface area contributed by atoms with Crippen molar-refractivity contribution in [2.45, 2.75) is 24.0 Å². The third-order valence-electron chi connectivity index (χ3n) is 2.98. The Bertz CT molecular complexity index is 513. The summed E-state index contributed by atoms with van der Waals surface area (Å²) in [6.45, 7) is 1.97. The van der Waals surface area contributed by atoms with E-state index in [9.17, 15) is 5.11 Å². The van der Waals surface area contributed by atoms with Gasteiger partial charge in [-0.05, 0) is 30.2 Å². The topological polar surface area (TPSA) is 46.2 Å². The number of thioether (sulfide) groups is 1. The van der Waals surface area contributed by atoms with E-state index in [1.807, 2.05) is 55.5 Å². The molecule has 0 heterocycles. The second-order valence-corrected chi connectivity index (χ2v) is 5.69. The molecule has 2 atom stereocenters. The van der Waals surface area contributed by atoms with Crippen LogP contribution in [0.3, 0.4) is 0 Å². The zero-order valence-corrected chi connectivity index (χ0v) is 11.8. The van der Waals surface area contributed by atoms with E-state index in [0.717, 1.165) is 16.0 Å². The Hall–Kier alpha value is -1.29. The molecule has 0 fully saturated rings. The summed E-state index contributed by atoms with van der Waals surface area (Å²) in [4.78, 5) is 1.14. The summed E-state index contributed by atoms with van der Waals surface area (Å²) in [5.74, 6) is 0.645. The number of nitrogens with two attached hydrogens (primary N) is 1. The van der Waals surface area contributed by atoms with Crippen LogP contribution in [0.4, 0.5) is 0 Å². The Morgan fingerprint density at radius 2 is 1.74 bits per heavy atom. The van der Waals surface area contributed by atoms with E-state index in [2.05, 4.69) is 6.07 Å². The third kappa shape index (κ3) is 4.10. The molecule has 0 saturated heterocycles. The van der Waals surface area contributed by atoms with Crippen LogP contribution in [0.2, 0.25) is 0 Å². The van der Waals surface area contributed by atoms with Gasteiger partial charge < -0.3 is 10.8 Å². The van der Waals surface area contributed by atoms with E-state index in [4.69, 9.17) is 5.73 Å². The summed E-state index contributed by atoms with van der Waals surface area (Å²) in [6.07, 6.45) is -0.440. The predicted octanol–water partition coefficient (Wildman–Crippen LogP) is 3.53. The summed E-state index contributed by atoms with van der Waals surface area (Å²) in [6, 6.07) is 18.0. The highest BCUT2D eigenvalue weighted by molar-refractivity contribution is 7.99. The first-order chi connectivity index (χ1) is 9.16. The van der Waals surface area contributed by atoms with Crippen molar-refractivity contribution in [2.75, 3.05) is 5.75 Å². The van der Waals surface area contributed by atoms with Gasteiger partial charge in [0.15, 0.2) is 0 Å². The molecule has 3 N–H and O–H groups in total. The van der Waals surface area contributed by atoms with E-state index in [-0.39, 0.29) is 6.04 Å². The minimum atomic E-state index is -0.440. The highest BCUT2D eigenvalue weighted by Gasteiger charge is 2.08. The first kappa shape index (κ1) is 14.1. The van der Waals surface area contributed by atoms with Gasteiger partial charge in [-0.3, -0.25) is 0 Å². The van der Waals surface area contributed by atoms with Gasteiger partial charge in [0.2, 0.25) is 0 Å². The van der Waals surface area contributed by atoms with Crippen molar-refractivity contribution >= 4 is 11.8 Å². The Morgan fingerprint density at radius 3 is 2.42 bits per heavy atom. The normalized spacial score (nSPS) is 14.1. The highest BCUT2D eigenvalue weighted by atomic mass is 32.2. The van der Waals surface area contributed by atoms with Crippen LogP contribution in [-0.2, 0) is 0 Å². The number of aliphatic hydroxyl groups is 1. The Kier molecular flexibility index (Phi) is 5.02. The van der Waals surface area contributed by atoms with E-state index < -0.39 is 6.10 Å². The largest absolute Gasteiger partial charge is 0.388 e. The molecule has 2 unspecified atom stereocenters. The molecule has 2 rings (SSSR count). The SMILES string of the molecule is CC(N)c1cccc(SCC(O)c2ccccc2)c1. The number of benzene rings is 2. The fourth-order valence-corrected chi connectivity index (χ4v) is 2.77. The molecule has 100 valence electrons. The van der Waals surface area contributed by atoms with Crippen LogP contribution in [0.15, 0.2) is 59.5 Å². The van der Waals surface area contributed by atoms with Crippen LogP contribution in [0.5, 0.6) is 0 Å². The molecule has 0 aliphatic rings. The molecular formula is C16H19NOS. The maximum absolute atomic E-state index is 10.1. The lowest BCUT2D eigenvalue weighted by Gasteiger charge is -2.12. The van der Waals surface area contributed by atoms with Crippen LogP contribution < -0.4 is 5.73 Å². The molecule has 0 amide bonds. The zero-order valence-electron chi connectivity index (χ0n) is 11.0. The molecule has 3 heteroatoms. The number of aliphatic hydroxyl groups excluding tert-OH is 1. The quantitative estimate of drug-likeness (QED) is 0.819. The average Bonchev–Trinajstić information content (AvgIpc) is 2.46. The van der Waals surface area contributed by atoms with Crippen molar-refractivity contribution in [3.05, 3.63) is 65.7 Å². The molecule has 0 radical (unpaired) electrons. The number of rotatable bonds is 5. The van der Waals surface area contributed by atoms with Gasteiger partial charge in [-0.25, -0.2) is 0 Å². The molecule has 0 spiro atoms. The van der Waals surface area contributed by atoms with Crippen molar-refractivity contribution < 1.29 is 5.11 Å². The van der Waals surface area contributed by atoms with Gasteiger partial charge >= 0.3 is 0 Å². The van der Waals surface area contributed by atoms with Gasteiger partial charge in [0, 0.05) is 16.7 Å². The van der Waals surface area contributed by atoms with Crippen LogP contribution in [0.1, 0.15) is 30.2 Å². The molecule has 0 aromatic heterocycles. The monoisotopic (exact) mass is 273 g/mol. The van der Waals surface area contributed by atoms with E-state index in [1.165, 1.54) is 0 Å². The van der Waals surface area contributed by atoms with Crippen molar-refractivity contribution in [2.24, 2.45) is 5.73 Å². The minimum absolute atomic E-state index is 0.0413. The summed E-state index contributed by atoms with van der Waals surface area (Å²) < 4.78 is 0. The second-order valence-electron chi connectivity index (χ2n) is 4.60. The van der Waals surface area contributed by atoms with Gasteiger partial charge in [-0.2, -0.15) is 0 Å². The first-order valence-electron chi connectivity index (χ1n) is 6.38. The Morgan fingerprint density at radius 1 is 1.05 bits per heavy atom. The summed E-state index contributed by atoms with van der Waals surface area (Å²) in [5.41, 5.74) is 7.95. The summed E-state index contributed by atoms with van der Waals surface area (Å²) in [7, 11) is 0. The number of hydrogen-bond acceptors (Lipinski definition) is 3. The fraction of sp³-hybridized carbons (Fsp3) is 0.250. The minimum Gasteiger partial charge on any atom is -0.388 e. The molecule has 2 nitrogen and oxygen atoms in total. The Labute approximate surface area is 118 Å². The molecular weight excluding hydrogens is 254 g/mol. The predicted molar refractivity (Wildman–Crippen MR) is 81.2 cm³/mol. The number of hydrogen-bond donors (Lipinski definition) is 2. The fourth-order valence-electron chi connectivity index (χ4n) is 1.83. The standard InChI is InChI=1S/C16H19NOS/c1-12(17)14-8-5-9-15(10-14)19-11-16(18)13-6-3-2-4-7-13/h2-10,12,16,18H,11,17H2,1H3. The lowest BCUT2D eigenvalue weighted by molar-refractivity contribution is 0.204. The van der Waals surface area contributed by atoms with E-state index in [0.29, 0.717) is 5.75 Å². The molecule has 0 bridgehead atoms. The van der Waals surface area contributed by atoms with Crippen molar-refractivity contribution in [3.8, 4) is 0 Å². The lowest BCUT2D eigenvalue weighted by atomic mass is 10.1. The Balaban J connectivity index is 1.97. The van der Waals surface area contributed by atoms with E-state index >= 15 is 0 Å². The molecule has 2 aromatic carbocycles. The van der Waals surface area contributed by atoms with Crippen LogP contribution in [0, 0.1) is 0 Å². The highest BCUT2D eigenvalue weighted by Crippen LogP contribution is 2.26. The van der Waals surface area contributed by atoms with E-state index in [1.54, 1.807) is 11.8 Å². The maximum atomic E-state index is 10.1. The molecule has 19 heavy (non-hydrogen) atoms. The summed E-state index contributed by atoms with van der Waals surface area (Å²) in [5, 5.41) is 10.1. The second kappa shape index (κ2) is 6.75. The van der Waals surface area contributed by atoms with Crippen LogP contribution >= 0.6 is 11.8 Å². The van der Waals surface area contributed by atoms with Gasteiger partial charge in [0.25, 0.3) is 0 Å². The van der Waals surface area contributed by atoms with Crippen molar-refractivity contribution in [3.63, 3.8) is 0 Å². The van der Waals surface area contributed by atoms with Crippen LogP contribution in [0.25, 0.3) is 0 Å². The molecule has 0 aliphatic carbocycles. The maximum Gasteiger partial charge on any atom is 0.0883 e. The zero-order chi connectivity index (χ0) is 13.7. The summed E-state index contributed by atoms with van der Waals surface area (Å²) >= 11 is 1.65. The first-order valence-corrected chi connectivity index (χ1v) is 7.36. The van der Waals surface area contributed by atoms with Gasteiger partial charge in [-0.1, -0.05) is 42.5 Å². The van der Waals surface area contributed by atoms with Crippen molar-refractivity contribution in [1.82, 2.24) is 0 Å². The van der Waals surface area contributed by atoms with Crippen LogP contribution in [-0.4, -0.2) is 10.9 Å². The third-order valence-corrected chi connectivity index (χ3v) is 4.05. The lowest BCUT2D eigenvalue weighted by Crippen LogP contribution is -2.04. The van der Waals surface area contributed by atoms with Gasteiger partial charge in [0.05, 0.1) is 6.10 Å². The van der Waals surface area contributed by atoms with Gasteiger partial charge in [0.1, 0.15) is 0 Å². The smallest absolute Gasteiger partial charge is 0.0883 e. The average molecular weight is 273 g/mol. The molecule has 2 aromatic rings. The van der Waals surface area contributed by atoms with Crippen molar-refractivity contribution in [1.29, 1.82) is 0 Å². The van der Waals surface area contributed by atoms with Gasteiger partial charge in [-0.15, -0.1) is 11.8 Å². The molecule has 0 saturated carbocycles.